The topological polar surface area (TPSA) is 104 Å². The van der Waals surface area contributed by atoms with Gasteiger partial charge in [0, 0.05) is 11.3 Å². The van der Waals surface area contributed by atoms with Crippen LogP contribution >= 0.6 is 0 Å². The summed E-state index contributed by atoms with van der Waals surface area (Å²) >= 11 is 0. The quantitative estimate of drug-likeness (QED) is 0.363. The molecular weight excluding hydrogens is 466 g/mol. The molecule has 3 aromatic rings. The molecule has 0 spiro atoms. The van der Waals surface area contributed by atoms with Crippen LogP contribution in [0, 0.1) is 31.6 Å². The molecule has 37 heavy (non-hydrogen) atoms. The van der Waals surface area contributed by atoms with Gasteiger partial charge in [-0.1, -0.05) is 30.3 Å². The Labute approximate surface area is 216 Å². The second-order valence-electron chi connectivity index (χ2n) is 11.4. The molecule has 0 atom stereocenters. The molecule has 7 heteroatoms. The number of aryl methyl sites for hydroxylation is 2. The summed E-state index contributed by atoms with van der Waals surface area (Å²) in [6, 6.07) is 12.8. The molecule has 0 radical (unpaired) electrons. The summed E-state index contributed by atoms with van der Waals surface area (Å²) in [6.07, 6.45) is 7.36. The zero-order chi connectivity index (χ0) is 25.7. The van der Waals surface area contributed by atoms with Gasteiger partial charge in [0.25, 0.3) is 5.91 Å². The van der Waals surface area contributed by atoms with Crippen molar-refractivity contribution in [3.8, 4) is 11.4 Å². The molecular formula is C30H33N3O4. The van der Waals surface area contributed by atoms with Crippen molar-refractivity contribution in [2.75, 3.05) is 5.32 Å². The number of carbonyl (C=O) groups excluding carboxylic acids is 1. The summed E-state index contributed by atoms with van der Waals surface area (Å²) < 4.78 is 6.69. The lowest BCUT2D eigenvalue weighted by Crippen LogP contribution is -2.51. The molecule has 1 aromatic heterocycles. The number of nitrogens with zero attached hydrogens (tertiary/aromatic N) is 1. The van der Waals surface area contributed by atoms with E-state index in [4.69, 9.17) is 9.72 Å². The van der Waals surface area contributed by atoms with E-state index < -0.39 is 5.97 Å². The zero-order valence-electron chi connectivity index (χ0n) is 21.3. The standard InChI is InChI=1S/C30H33N3O4/c1-17-5-3-4-6-23(17)27-32-25(16-37-30-13-19-9-20(14-30)11-21(10-19)15-30)26(33-27)28(34)31-22-8-7-18(2)24(12-22)29(35)36/h3-8,12,19-21H,9-11,13-16H2,1-2H3,(H,31,34)(H,32,33)(H,35,36). The first-order chi connectivity index (χ1) is 17.8. The number of amides is 1. The highest BCUT2D eigenvalue weighted by Gasteiger charge is 2.51. The van der Waals surface area contributed by atoms with Crippen LogP contribution in [0.3, 0.4) is 0 Å². The summed E-state index contributed by atoms with van der Waals surface area (Å²) in [5, 5.41) is 12.3. The van der Waals surface area contributed by atoms with Gasteiger partial charge in [0.1, 0.15) is 5.82 Å². The number of hydrogen-bond acceptors (Lipinski definition) is 4. The van der Waals surface area contributed by atoms with Gasteiger partial charge in [0.2, 0.25) is 0 Å². The number of carboxylic acids is 1. The zero-order valence-corrected chi connectivity index (χ0v) is 21.3. The lowest BCUT2D eigenvalue weighted by molar-refractivity contribution is -0.169. The van der Waals surface area contributed by atoms with Crippen LogP contribution in [0.5, 0.6) is 0 Å². The van der Waals surface area contributed by atoms with Crippen molar-refractivity contribution in [1.82, 2.24) is 9.97 Å². The highest BCUT2D eigenvalue weighted by Crippen LogP contribution is 2.57. The van der Waals surface area contributed by atoms with Crippen LogP contribution in [0.25, 0.3) is 11.4 Å². The molecule has 4 fully saturated rings. The van der Waals surface area contributed by atoms with E-state index in [-0.39, 0.29) is 22.8 Å². The van der Waals surface area contributed by atoms with Crippen molar-refractivity contribution in [2.24, 2.45) is 17.8 Å². The molecule has 7 rings (SSSR count). The van der Waals surface area contributed by atoms with E-state index in [1.807, 2.05) is 31.2 Å². The molecule has 4 aliphatic carbocycles. The monoisotopic (exact) mass is 499 g/mol. The largest absolute Gasteiger partial charge is 0.478 e. The number of H-pyrrole nitrogens is 1. The molecule has 1 heterocycles. The molecule has 1 amide bonds. The average Bonchev–Trinajstić information content (AvgIpc) is 3.28. The van der Waals surface area contributed by atoms with E-state index in [2.05, 4.69) is 10.3 Å². The smallest absolute Gasteiger partial charge is 0.336 e. The first kappa shape index (κ1) is 23.9. The van der Waals surface area contributed by atoms with E-state index in [1.165, 1.54) is 25.3 Å². The van der Waals surface area contributed by atoms with Gasteiger partial charge >= 0.3 is 5.97 Å². The third kappa shape index (κ3) is 4.57. The lowest BCUT2D eigenvalue weighted by atomic mass is 9.54. The van der Waals surface area contributed by atoms with E-state index in [1.54, 1.807) is 19.1 Å². The SMILES string of the molecule is Cc1ccc(NC(=O)c2nc(-c3ccccc3C)[nH]c2COC23CC4CC(CC(C4)C2)C3)cc1C(=O)O. The highest BCUT2D eigenvalue weighted by molar-refractivity contribution is 6.04. The van der Waals surface area contributed by atoms with Gasteiger partial charge in [0.05, 0.1) is 23.5 Å². The number of hydrogen-bond donors (Lipinski definition) is 3. The number of aromatic amines is 1. The van der Waals surface area contributed by atoms with Crippen LogP contribution in [-0.4, -0.2) is 32.6 Å². The predicted molar refractivity (Wildman–Crippen MR) is 141 cm³/mol. The fourth-order valence-corrected chi connectivity index (χ4v) is 7.22. The van der Waals surface area contributed by atoms with Gasteiger partial charge in [-0.2, -0.15) is 0 Å². The van der Waals surface area contributed by atoms with Gasteiger partial charge in [-0.05, 0) is 93.4 Å². The number of rotatable bonds is 7. The van der Waals surface area contributed by atoms with Crippen LogP contribution in [0.2, 0.25) is 0 Å². The Morgan fingerprint density at radius 1 is 1.03 bits per heavy atom. The molecule has 4 bridgehead atoms. The predicted octanol–water partition coefficient (Wildman–Crippen LogP) is 6.13. The Hall–Kier alpha value is -3.45. The van der Waals surface area contributed by atoms with E-state index in [9.17, 15) is 14.7 Å². The maximum atomic E-state index is 13.5. The number of aromatic carboxylic acids is 1. The second kappa shape index (κ2) is 9.14. The Kier molecular flexibility index (Phi) is 5.91. The maximum Gasteiger partial charge on any atom is 0.336 e. The normalized spacial score (nSPS) is 25.8. The average molecular weight is 500 g/mol. The molecule has 7 nitrogen and oxygen atoms in total. The highest BCUT2D eigenvalue weighted by atomic mass is 16.5. The summed E-state index contributed by atoms with van der Waals surface area (Å²) in [6.45, 7) is 4.04. The summed E-state index contributed by atoms with van der Waals surface area (Å²) in [7, 11) is 0. The van der Waals surface area contributed by atoms with E-state index in [0.29, 0.717) is 29.4 Å². The van der Waals surface area contributed by atoms with Crippen LogP contribution in [0.15, 0.2) is 42.5 Å². The van der Waals surface area contributed by atoms with Crippen molar-refractivity contribution in [3.05, 3.63) is 70.5 Å². The second-order valence-corrected chi connectivity index (χ2v) is 11.4. The van der Waals surface area contributed by atoms with Gasteiger partial charge in [-0.3, -0.25) is 4.79 Å². The van der Waals surface area contributed by atoms with Gasteiger partial charge in [-0.15, -0.1) is 0 Å². The number of ether oxygens (including phenoxy) is 1. The third-order valence-electron chi connectivity index (χ3n) is 8.62. The first-order valence-electron chi connectivity index (χ1n) is 13.2. The summed E-state index contributed by atoms with van der Waals surface area (Å²) in [4.78, 5) is 33.1. The number of imidazole rings is 1. The van der Waals surface area contributed by atoms with Gasteiger partial charge in [-0.25, -0.2) is 9.78 Å². The van der Waals surface area contributed by atoms with Crippen molar-refractivity contribution in [3.63, 3.8) is 0 Å². The fraction of sp³-hybridized carbons (Fsp3) is 0.433. The van der Waals surface area contributed by atoms with Crippen molar-refractivity contribution in [1.29, 1.82) is 0 Å². The molecule has 4 aliphatic rings. The van der Waals surface area contributed by atoms with Crippen molar-refractivity contribution in [2.45, 2.75) is 64.6 Å². The van der Waals surface area contributed by atoms with Crippen molar-refractivity contribution >= 4 is 17.6 Å². The first-order valence-corrected chi connectivity index (χ1v) is 13.2. The third-order valence-corrected chi connectivity index (χ3v) is 8.62. The minimum absolute atomic E-state index is 0.0935. The number of carboxylic acid groups (broad SMARTS) is 1. The lowest BCUT2D eigenvalue weighted by Gasteiger charge is -2.56. The number of aromatic nitrogens is 2. The van der Waals surface area contributed by atoms with Crippen LogP contribution in [0.4, 0.5) is 5.69 Å². The van der Waals surface area contributed by atoms with Crippen molar-refractivity contribution < 1.29 is 19.4 Å². The Morgan fingerprint density at radius 2 is 1.70 bits per heavy atom. The summed E-state index contributed by atoms with van der Waals surface area (Å²) in [5.41, 5.74) is 4.04. The molecule has 0 unspecified atom stereocenters. The molecule has 0 saturated heterocycles. The Morgan fingerprint density at radius 3 is 2.35 bits per heavy atom. The van der Waals surface area contributed by atoms with E-state index in [0.717, 1.165) is 48.1 Å². The molecule has 4 saturated carbocycles. The van der Waals surface area contributed by atoms with E-state index >= 15 is 0 Å². The van der Waals surface area contributed by atoms with Gasteiger partial charge < -0.3 is 20.1 Å². The summed E-state index contributed by atoms with van der Waals surface area (Å²) in [5.74, 6) is 1.51. The fourth-order valence-electron chi connectivity index (χ4n) is 7.22. The maximum absolute atomic E-state index is 13.5. The van der Waals surface area contributed by atoms with Crippen LogP contribution in [-0.2, 0) is 11.3 Å². The van der Waals surface area contributed by atoms with Gasteiger partial charge in [0.15, 0.2) is 5.69 Å². The molecule has 192 valence electrons. The number of nitrogens with one attached hydrogen (secondary N) is 2. The molecule has 3 N–H and O–H groups in total. The Bertz CT molecular complexity index is 1340. The van der Waals surface area contributed by atoms with Crippen LogP contribution < -0.4 is 5.32 Å². The minimum Gasteiger partial charge on any atom is -0.478 e. The van der Waals surface area contributed by atoms with Crippen LogP contribution in [0.1, 0.15) is 76.2 Å². The number of benzene rings is 2. The number of carbonyl (C=O) groups is 2. The Balaban J connectivity index is 1.29. The molecule has 2 aromatic carbocycles. The molecule has 0 aliphatic heterocycles. The minimum atomic E-state index is -1.03. The number of anilines is 1.